The van der Waals surface area contributed by atoms with E-state index in [0.29, 0.717) is 0 Å². The molecule has 0 atom stereocenters. The summed E-state index contributed by atoms with van der Waals surface area (Å²) in [6.45, 7) is 0. The minimum atomic E-state index is -3.70. The van der Waals surface area contributed by atoms with E-state index in [0.717, 1.165) is 0 Å². The molecule has 0 saturated carbocycles. The first kappa shape index (κ1) is 10.8. The third-order valence-corrected chi connectivity index (χ3v) is 3.12. The van der Waals surface area contributed by atoms with Crippen molar-refractivity contribution in [1.29, 1.82) is 0 Å². The fraction of sp³-hybridized carbons (Fsp3) is 0. The van der Waals surface area contributed by atoms with Gasteiger partial charge in [0, 0.05) is 0 Å². The lowest BCUT2D eigenvalue weighted by molar-refractivity contribution is 0.597. The highest BCUT2D eigenvalue weighted by Gasteiger charge is 2.16. The minimum Gasteiger partial charge on any atom is -0.266 e. The largest absolute Gasteiger partial charge is 0.280 e. The summed E-state index contributed by atoms with van der Waals surface area (Å²) in [5.74, 6) is 0.0824. The Hall–Kier alpha value is -1.67. The molecule has 16 heavy (non-hydrogen) atoms. The Morgan fingerprint density at radius 3 is 2.62 bits per heavy atom. The van der Waals surface area contributed by atoms with Crippen LogP contribution in [0.4, 0.5) is 5.82 Å². The highest BCUT2D eigenvalue weighted by atomic mass is 35.5. The van der Waals surface area contributed by atoms with Crippen LogP contribution in [0.25, 0.3) is 0 Å². The van der Waals surface area contributed by atoms with Gasteiger partial charge in [-0.1, -0.05) is 11.6 Å². The standard InChI is InChI=1S/C7H6ClN5O2S/c8-5-1-2-6(11-10-5)13-16(14,15)7-3-4-9-12-7/h1-4H,(H,9,12)(H,11,13). The number of aromatic amines is 1. The van der Waals surface area contributed by atoms with Gasteiger partial charge in [-0.15, -0.1) is 10.2 Å². The van der Waals surface area contributed by atoms with E-state index in [9.17, 15) is 8.42 Å². The van der Waals surface area contributed by atoms with Gasteiger partial charge in [-0.3, -0.25) is 9.82 Å². The molecule has 0 aromatic carbocycles. The summed E-state index contributed by atoms with van der Waals surface area (Å²) in [5.41, 5.74) is 0. The van der Waals surface area contributed by atoms with Crippen LogP contribution in [-0.2, 0) is 10.0 Å². The number of aromatic nitrogens is 4. The molecule has 0 spiro atoms. The van der Waals surface area contributed by atoms with Crippen molar-refractivity contribution in [1.82, 2.24) is 20.4 Å². The Balaban J connectivity index is 2.25. The van der Waals surface area contributed by atoms with Crippen LogP contribution in [-0.4, -0.2) is 28.8 Å². The zero-order chi connectivity index (χ0) is 11.6. The van der Waals surface area contributed by atoms with Gasteiger partial charge in [0.15, 0.2) is 16.0 Å². The molecular formula is C7H6ClN5O2S. The first-order chi connectivity index (χ1) is 7.58. The summed E-state index contributed by atoms with van der Waals surface area (Å²) in [5, 5.41) is 13.1. The molecule has 0 aliphatic rings. The van der Waals surface area contributed by atoms with Gasteiger partial charge in [0.2, 0.25) is 0 Å². The third kappa shape index (κ3) is 2.28. The number of hydrogen-bond donors (Lipinski definition) is 2. The van der Waals surface area contributed by atoms with E-state index in [4.69, 9.17) is 11.6 Å². The Bertz CT molecular complexity index is 565. The molecule has 0 saturated heterocycles. The number of hydrogen-bond acceptors (Lipinski definition) is 5. The molecule has 7 nitrogen and oxygen atoms in total. The summed E-state index contributed by atoms with van der Waals surface area (Å²) < 4.78 is 25.5. The normalized spacial score (nSPS) is 11.3. The fourth-order valence-electron chi connectivity index (χ4n) is 0.956. The lowest BCUT2D eigenvalue weighted by Gasteiger charge is -2.03. The highest BCUT2D eigenvalue weighted by molar-refractivity contribution is 7.92. The molecule has 0 aliphatic carbocycles. The zero-order valence-corrected chi connectivity index (χ0v) is 9.33. The van der Waals surface area contributed by atoms with Crippen molar-refractivity contribution in [2.24, 2.45) is 0 Å². The highest BCUT2D eigenvalue weighted by Crippen LogP contribution is 2.11. The minimum absolute atomic E-state index is 0.0516. The Kier molecular flexibility index (Phi) is 2.75. The van der Waals surface area contributed by atoms with Gasteiger partial charge in [0.05, 0.1) is 6.20 Å². The number of nitrogens with one attached hydrogen (secondary N) is 2. The van der Waals surface area contributed by atoms with Crippen molar-refractivity contribution < 1.29 is 8.42 Å². The summed E-state index contributed by atoms with van der Waals surface area (Å²) in [7, 11) is -3.70. The third-order valence-electron chi connectivity index (χ3n) is 1.64. The summed E-state index contributed by atoms with van der Waals surface area (Å²) in [6, 6.07) is 4.16. The van der Waals surface area contributed by atoms with Gasteiger partial charge >= 0.3 is 0 Å². The van der Waals surface area contributed by atoms with E-state index in [1.54, 1.807) is 0 Å². The van der Waals surface area contributed by atoms with Gasteiger partial charge < -0.3 is 0 Å². The molecule has 0 fully saturated rings. The molecule has 84 valence electrons. The van der Waals surface area contributed by atoms with Crippen LogP contribution in [0, 0.1) is 0 Å². The van der Waals surface area contributed by atoms with Crippen molar-refractivity contribution in [3.05, 3.63) is 29.5 Å². The average molecular weight is 260 g/mol. The maximum absolute atomic E-state index is 11.7. The average Bonchev–Trinajstić information content (AvgIpc) is 2.75. The van der Waals surface area contributed by atoms with Crippen LogP contribution in [0.5, 0.6) is 0 Å². The second kappa shape index (κ2) is 4.06. The number of nitrogens with zero attached hydrogens (tertiary/aromatic N) is 3. The van der Waals surface area contributed by atoms with E-state index >= 15 is 0 Å². The monoisotopic (exact) mass is 259 g/mol. The molecule has 2 heterocycles. The van der Waals surface area contributed by atoms with E-state index in [1.165, 1.54) is 24.4 Å². The molecular weight excluding hydrogens is 254 g/mol. The Morgan fingerprint density at radius 1 is 1.25 bits per heavy atom. The molecule has 9 heteroatoms. The molecule has 0 bridgehead atoms. The van der Waals surface area contributed by atoms with Crippen molar-refractivity contribution in [3.8, 4) is 0 Å². The fourth-order valence-corrected chi connectivity index (χ4v) is 1.96. The van der Waals surface area contributed by atoms with Crippen LogP contribution >= 0.6 is 11.6 Å². The first-order valence-corrected chi connectivity index (χ1v) is 5.95. The Labute approximate surface area is 95.9 Å². The number of sulfonamides is 1. The molecule has 2 aromatic heterocycles. The van der Waals surface area contributed by atoms with Crippen LogP contribution in [0.3, 0.4) is 0 Å². The second-order valence-electron chi connectivity index (χ2n) is 2.77. The first-order valence-electron chi connectivity index (χ1n) is 4.09. The van der Waals surface area contributed by atoms with Crippen molar-refractivity contribution in [2.75, 3.05) is 4.72 Å². The molecule has 2 rings (SSSR count). The quantitative estimate of drug-likeness (QED) is 0.843. The van der Waals surface area contributed by atoms with Crippen LogP contribution in [0.2, 0.25) is 5.15 Å². The summed E-state index contributed by atoms with van der Waals surface area (Å²) >= 11 is 5.52. The van der Waals surface area contributed by atoms with Gasteiger partial charge in [-0.05, 0) is 18.2 Å². The van der Waals surface area contributed by atoms with Gasteiger partial charge in [0.25, 0.3) is 10.0 Å². The topological polar surface area (TPSA) is 101 Å². The van der Waals surface area contributed by atoms with Crippen LogP contribution in [0.1, 0.15) is 0 Å². The molecule has 2 N–H and O–H groups in total. The van der Waals surface area contributed by atoms with Crippen LogP contribution in [0.15, 0.2) is 29.4 Å². The smallest absolute Gasteiger partial charge is 0.266 e. The maximum Gasteiger partial charge on any atom is 0.280 e. The number of H-pyrrole nitrogens is 1. The van der Waals surface area contributed by atoms with Crippen molar-refractivity contribution in [2.45, 2.75) is 5.03 Å². The SMILES string of the molecule is O=S(=O)(Nc1ccc(Cl)nn1)c1ccn[nH]1. The molecule has 0 radical (unpaired) electrons. The van der Waals surface area contributed by atoms with Gasteiger partial charge in [-0.25, -0.2) is 0 Å². The Morgan fingerprint density at radius 2 is 2.06 bits per heavy atom. The van der Waals surface area contributed by atoms with E-state index in [1.807, 2.05) is 0 Å². The zero-order valence-electron chi connectivity index (χ0n) is 7.75. The number of halogens is 1. The molecule has 0 amide bonds. The molecule has 0 unspecified atom stereocenters. The molecule has 2 aromatic rings. The van der Waals surface area contributed by atoms with E-state index in [2.05, 4.69) is 25.1 Å². The lowest BCUT2D eigenvalue weighted by atomic mass is 10.5. The number of anilines is 1. The van der Waals surface area contributed by atoms with E-state index < -0.39 is 10.0 Å². The van der Waals surface area contributed by atoms with Crippen LogP contribution < -0.4 is 4.72 Å². The van der Waals surface area contributed by atoms with Crippen molar-refractivity contribution in [3.63, 3.8) is 0 Å². The maximum atomic E-state index is 11.7. The predicted octanol–water partition coefficient (Wildman–Crippen LogP) is 0.654. The van der Waals surface area contributed by atoms with E-state index in [-0.39, 0.29) is 16.0 Å². The number of rotatable bonds is 3. The summed E-state index contributed by atoms with van der Waals surface area (Å²) in [6.07, 6.45) is 1.34. The van der Waals surface area contributed by atoms with Crippen molar-refractivity contribution >= 4 is 27.4 Å². The summed E-state index contributed by atoms with van der Waals surface area (Å²) in [4.78, 5) is 0. The lowest BCUT2D eigenvalue weighted by Crippen LogP contribution is -2.14. The van der Waals surface area contributed by atoms with Gasteiger partial charge in [-0.2, -0.15) is 13.5 Å². The second-order valence-corrected chi connectivity index (χ2v) is 4.81. The molecule has 0 aliphatic heterocycles. The van der Waals surface area contributed by atoms with Gasteiger partial charge in [0.1, 0.15) is 0 Å². The predicted molar refractivity (Wildman–Crippen MR) is 56.4 cm³/mol.